The van der Waals surface area contributed by atoms with Gasteiger partial charge in [0, 0.05) is 62.2 Å². The third kappa shape index (κ3) is 5.85. The van der Waals surface area contributed by atoms with Crippen molar-refractivity contribution in [1.29, 1.82) is 0 Å². The fourth-order valence-electron chi connectivity index (χ4n) is 4.98. The lowest BCUT2D eigenvalue weighted by molar-refractivity contribution is 0.315. The minimum atomic E-state index is -0.242. The van der Waals surface area contributed by atoms with Gasteiger partial charge >= 0.3 is 0 Å². The van der Waals surface area contributed by atoms with Gasteiger partial charge in [0.05, 0.1) is 11.9 Å². The zero-order valence-electron chi connectivity index (χ0n) is 21.1. The molecule has 1 atom stereocenters. The van der Waals surface area contributed by atoms with E-state index in [0.717, 1.165) is 51.4 Å². The number of nitrogens with two attached hydrogens (primary N) is 1. The number of likely N-dealkylation sites (N-methyl/N-ethyl adjacent to an activating group) is 1. The van der Waals surface area contributed by atoms with Crippen LogP contribution in [0.15, 0.2) is 35.4 Å². The highest BCUT2D eigenvalue weighted by Gasteiger charge is 2.28. The third-order valence-electron chi connectivity index (χ3n) is 7.03. The van der Waals surface area contributed by atoms with Crippen LogP contribution >= 0.6 is 12.2 Å². The van der Waals surface area contributed by atoms with Crippen LogP contribution in [0.25, 0.3) is 0 Å². The van der Waals surface area contributed by atoms with Crippen molar-refractivity contribution in [1.82, 2.24) is 10.3 Å². The molecule has 0 aromatic heterocycles. The number of thiocarbonyl (C=S) groups is 1. The summed E-state index contributed by atoms with van der Waals surface area (Å²) in [7, 11) is 4.21. The van der Waals surface area contributed by atoms with Crippen molar-refractivity contribution in [2.45, 2.75) is 26.3 Å². The molecule has 0 spiro atoms. The number of hydrogen-bond donors (Lipinski definition) is 2. The number of benzene rings is 2. The molecule has 2 fully saturated rings. The monoisotopic (exact) mass is 497 g/mol. The smallest absolute Gasteiger partial charge is 0.184 e. The van der Waals surface area contributed by atoms with Crippen LogP contribution in [-0.2, 0) is 0 Å². The minimum Gasteiger partial charge on any atom is -0.375 e. The molecule has 0 bridgehead atoms. The van der Waals surface area contributed by atoms with E-state index in [-0.39, 0.29) is 10.9 Å². The maximum Gasteiger partial charge on any atom is 0.184 e. The lowest BCUT2D eigenvalue weighted by Gasteiger charge is -2.38. The van der Waals surface area contributed by atoms with Crippen LogP contribution in [0.1, 0.15) is 23.1 Å². The van der Waals surface area contributed by atoms with Crippen LogP contribution < -0.4 is 25.9 Å². The maximum atomic E-state index is 15.4. The number of anilines is 3. The zero-order valence-corrected chi connectivity index (χ0v) is 21.9. The Labute approximate surface area is 213 Å². The Kier molecular flexibility index (Phi) is 7.76. The molecule has 9 heteroatoms. The topological polar surface area (TPSA) is 63.4 Å². The number of nitrogens with one attached hydrogen (secondary N) is 1. The average Bonchev–Trinajstić information content (AvgIpc) is 3.31. The number of hydrogen-bond acceptors (Lipinski definition) is 6. The van der Waals surface area contributed by atoms with Gasteiger partial charge in [0.1, 0.15) is 5.82 Å². The Morgan fingerprint density at radius 1 is 1.03 bits per heavy atom. The Morgan fingerprint density at radius 2 is 1.71 bits per heavy atom. The normalized spacial score (nSPS) is 18.7. The molecule has 0 saturated carbocycles. The number of nitrogens with zero attached hydrogens (tertiary/aromatic N) is 5. The highest BCUT2D eigenvalue weighted by molar-refractivity contribution is 7.80. The molecule has 1 unspecified atom stereocenters. The first kappa shape index (κ1) is 25.2. The predicted molar refractivity (Wildman–Crippen MR) is 149 cm³/mol. The minimum absolute atomic E-state index is 0.0791. The van der Waals surface area contributed by atoms with E-state index in [4.69, 9.17) is 18.0 Å². The number of halogens is 1. The molecule has 0 radical (unpaired) electrons. The van der Waals surface area contributed by atoms with E-state index >= 15 is 4.39 Å². The molecule has 2 heterocycles. The van der Waals surface area contributed by atoms with Gasteiger partial charge in [0.2, 0.25) is 0 Å². The van der Waals surface area contributed by atoms with Crippen LogP contribution in [0.5, 0.6) is 0 Å². The SMILES string of the molecule is Cc1ccc(C)c(N2CCN(c3cc(N4CCC(N(C)C)C4)c(C=NNC(N)=S)cc3F)CC2)c1. The summed E-state index contributed by atoms with van der Waals surface area (Å²) >= 11 is 4.84. The maximum absolute atomic E-state index is 15.4. The summed E-state index contributed by atoms with van der Waals surface area (Å²) < 4.78 is 15.4. The Morgan fingerprint density at radius 3 is 2.34 bits per heavy atom. The molecule has 2 aromatic rings. The summed E-state index contributed by atoms with van der Waals surface area (Å²) in [5.41, 5.74) is 14.2. The van der Waals surface area contributed by atoms with Gasteiger partial charge in [-0.25, -0.2) is 4.39 Å². The van der Waals surface area contributed by atoms with Crippen LogP contribution in [0.4, 0.5) is 21.5 Å². The Balaban J connectivity index is 1.57. The van der Waals surface area contributed by atoms with Crippen LogP contribution in [0, 0.1) is 19.7 Å². The lowest BCUT2D eigenvalue weighted by atomic mass is 10.1. The summed E-state index contributed by atoms with van der Waals surface area (Å²) in [5, 5.41) is 4.18. The molecule has 0 aliphatic carbocycles. The van der Waals surface area contributed by atoms with Crippen molar-refractivity contribution < 1.29 is 4.39 Å². The van der Waals surface area contributed by atoms with Crippen LogP contribution in [0.2, 0.25) is 0 Å². The van der Waals surface area contributed by atoms with E-state index < -0.39 is 0 Å². The van der Waals surface area contributed by atoms with E-state index in [0.29, 0.717) is 17.3 Å². The van der Waals surface area contributed by atoms with E-state index in [1.165, 1.54) is 16.8 Å². The third-order valence-corrected chi connectivity index (χ3v) is 7.13. The Bertz CT molecular complexity index is 1100. The van der Waals surface area contributed by atoms with Crippen molar-refractivity contribution in [3.63, 3.8) is 0 Å². The van der Waals surface area contributed by atoms with E-state index in [2.05, 4.69) is 76.3 Å². The van der Waals surface area contributed by atoms with Crippen molar-refractivity contribution in [2.75, 3.05) is 68.1 Å². The average molecular weight is 498 g/mol. The quantitative estimate of drug-likeness (QED) is 0.361. The first-order valence-electron chi connectivity index (χ1n) is 12.1. The Hall–Kier alpha value is -2.91. The second-order valence-electron chi connectivity index (χ2n) is 9.71. The molecule has 2 aliphatic heterocycles. The zero-order chi connectivity index (χ0) is 25.1. The number of hydrazone groups is 1. The number of aryl methyl sites for hydroxylation is 2. The fourth-order valence-corrected chi connectivity index (χ4v) is 5.03. The molecule has 7 nitrogen and oxygen atoms in total. The van der Waals surface area contributed by atoms with Gasteiger partial charge < -0.3 is 25.3 Å². The van der Waals surface area contributed by atoms with Gasteiger partial charge in [-0.05, 0) is 75.9 Å². The summed E-state index contributed by atoms with van der Waals surface area (Å²) in [6.07, 6.45) is 2.67. The number of rotatable bonds is 6. The van der Waals surface area contributed by atoms with Gasteiger partial charge in [-0.15, -0.1) is 0 Å². The van der Waals surface area contributed by atoms with E-state index in [1.54, 1.807) is 12.3 Å². The summed E-state index contributed by atoms with van der Waals surface area (Å²) in [6, 6.07) is 10.6. The predicted octanol–water partition coefficient (Wildman–Crippen LogP) is 3.08. The highest BCUT2D eigenvalue weighted by atomic mass is 32.1. The van der Waals surface area contributed by atoms with Crippen molar-refractivity contribution >= 4 is 40.6 Å². The second kappa shape index (κ2) is 10.8. The van der Waals surface area contributed by atoms with E-state index in [9.17, 15) is 0 Å². The van der Waals surface area contributed by atoms with Crippen LogP contribution in [-0.4, -0.2) is 75.6 Å². The molecule has 188 valence electrons. The van der Waals surface area contributed by atoms with Crippen molar-refractivity contribution in [3.05, 3.63) is 52.8 Å². The van der Waals surface area contributed by atoms with Gasteiger partial charge in [-0.3, -0.25) is 5.43 Å². The van der Waals surface area contributed by atoms with Crippen LogP contribution in [0.3, 0.4) is 0 Å². The molecule has 35 heavy (non-hydrogen) atoms. The molecule has 2 aliphatic rings. The number of piperazine rings is 1. The molecular formula is C26H36FN7S. The van der Waals surface area contributed by atoms with Gasteiger partial charge in [-0.2, -0.15) is 5.10 Å². The standard InChI is InChI=1S/C26H36FN7S/c1-18-5-6-19(2)23(13-18)32-9-11-33(12-10-32)25-15-24(34-8-7-21(17-34)31(3)4)20(14-22(25)27)16-29-30-26(28)35/h5-6,13-16,21H,7-12,17H2,1-4H3,(H3,28,30,35). The van der Waals surface area contributed by atoms with E-state index in [1.807, 2.05) is 6.07 Å². The molecule has 4 rings (SSSR count). The van der Waals surface area contributed by atoms with Gasteiger partial charge in [-0.1, -0.05) is 12.1 Å². The summed E-state index contributed by atoms with van der Waals surface area (Å²) in [4.78, 5) is 9.14. The largest absolute Gasteiger partial charge is 0.375 e. The molecule has 2 saturated heterocycles. The first-order valence-corrected chi connectivity index (χ1v) is 12.5. The van der Waals surface area contributed by atoms with Crippen molar-refractivity contribution in [3.8, 4) is 0 Å². The van der Waals surface area contributed by atoms with Gasteiger partial charge in [0.15, 0.2) is 5.11 Å². The lowest BCUT2D eigenvalue weighted by Crippen LogP contribution is -2.47. The first-order chi connectivity index (χ1) is 16.7. The second-order valence-corrected chi connectivity index (χ2v) is 10.2. The highest BCUT2D eigenvalue weighted by Crippen LogP contribution is 2.33. The molecule has 0 amide bonds. The fraction of sp³-hybridized carbons (Fsp3) is 0.462. The summed E-state index contributed by atoms with van der Waals surface area (Å²) in [5.74, 6) is -0.242. The molecular weight excluding hydrogens is 461 g/mol. The molecule has 2 aromatic carbocycles. The molecule has 3 N–H and O–H groups in total. The van der Waals surface area contributed by atoms with Crippen molar-refractivity contribution in [2.24, 2.45) is 10.8 Å². The summed E-state index contributed by atoms with van der Waals surface area (Å²) in [6.45, 7) is 9.31. The van der Waals surface area contributed by atoms with Gasteiger partial charge in [0.25, 0.3) is 0 Å².